The quantitative estimate of drug-likeness (QED) is 0.819. The third kappa shape index (κ3) is 4.46. The topological polar surface area (TPSA) is 24.9 Å². The zero-order chi connectivity index (χ0) is 14.2. The highest BCUT2D eigenvalue weighted by atomic mass is 14.9. The second kappa shape index (κ2) is 7.81. The summed E-state index contributed by atoms with van der Waals surface area (Å²) in [5.74, 6) is 0. The van der Waals surface area contributed by atoms with E-state index < -0.39 is 0 Å². The van der Waals surface area contributed by atoms with Crippen molar-refractivity contribution in [3.8, 4) is 0 Å². The summed E-state index contributed by atoms with van der Waals surface area (Å²) in [5.41, 5.74) is 4.03. The van der Waals surface area contributed by atoms with Crippen LogP contribution >= 0.6 is 0 Å². The van der Waals surface area contributed by atoms with E-state index in [1.807, 2.05) is 18.5 Å². The predicted octanol–water partition coefficient (Wildman–Crippen LogP) is 4.06. The second-order valence-corrected chi connectivity index (χ2v) is 5.32. The summed E-state index contributed by atoms with van der Waals surface area (Å²) in [5, 5.41) is 3.66. The van der Waals surface area contributed by atoms with E-state index in [0.717, 1.165) is 25.8 Å². The maximum absolute atomic E-state index is 4.19. The minimum absolute atomic E-state index is 0.426. The lowest BCUT2D eigenvalue weighted by Gasteiger charge is -2.19. The van der Waals surface area contributed by atoms with Gasteiger partial charge in [0.1, 0.15) is 0 Å². The molecular weight excluding hydrogens is 244 g/mol. The van der Waals surface area contributed by atoms with Gasteiger partial charge in [-0.1, -0.05) is 42.8 Å². The van der Waals surface area contributed by atoms with Crippen molar-refractivity contribution in [1.29, 1.82) is 0 Å². The minimum atomic E-state index is 0.426. The Morgan fingerprint density at radius 2 is 2.10 bits per heavy atom. The molecule has 2 rings (SSSR count). The zero-order valence-electron chi connectivity index (χ0n) is 12.5. The number of aryl methyl sites for hydroxylation is 2. The van der Waals surface area contributed by atoms with Gasteiger partial charge in [-0.3, -0.25) is 4.98 Å². The number of nitrogens with one attached hydrogen (secondary N) is 1. The van der Waals surface area contributed by atoms with Gasteiger partial charge in [-0.25, -0.2) is 0 Å². The van der Waals surface area contributed by atoms with E-state index >= 15 is 0 Å². The molecule has 0 amide bonds. The van der Waals surface area contributed by atoms with E-state index in [9.17, 15) is 0 Å². The summed E-state index contributed by atoms with van der Waals surface area (Å²) >= 11 is 0. The average molecular weight is 268 g/mol. The number of nitrogens with zero attached hydrogens (tertiary/aromatic N) is 1. The van der Waals surface area contributed by atoms with Crippen LogP contribution in [-0.2, 0) is 6.42 Å². The molecule has 1 N–H and O–H groups in total. The molecule has 1 aromatic carbocycles. The second-order valence-electron chi connectivity index (χ2n) is 5.32. The number of pyridine rings is 1. The van der Waals surface area contributed by atoms with Gasteiger partial charge in [-0.05, 0) is 49.9 Å². The molecule has 1 heterocycles. The van der Waals surface area contributed by atoms with Gasteiger partial charge in [0.15, 0.2) is 0 Å². The Kier molecular flexibility index (Phi) is 5.75. The van der Waals surface area contributed by atoms with Crippen molar-refractivity contribution >= 4 is 0 Å². The van der Waals surface area contributed by atoms with Crippen molar-refractivity contribution in [1.82, 2.24) is 10.3 Å². The molecule has 0 fully saturated rings. The van der Waals surface area contributed by atoms with Crippen LogP contribution in [0.15, 0.2) is 48.8 Å². The molecule has 0 bridgehead atoms. The van der Waals surface area contributed by atoms with Crippen LogP contribution in [0.3, 0.4) is 0 Å². The van der Waals surface area contributed by atoms with Crippen LogP contribution in [0.25, 0.3) is 0 Å². The van der Waals surface area contributed by atoms with Gasteiger partial charge in [-0.2, -0.15) is 0 Å². The van der Waals surface area contributed by atoms with Gasteiger partial charge < -0.3 is 5.32 Å². The molecular formula is C18H24N2. The maximum Gasteiger partial charge on any atom is 0.0323 e. The maximum atomic E-state index is 4.19. The molecule has 0 aliphatic heterocycles. The highest BCUT2D eigenvalue weighted by molar-refractivity contribution is 5.25. The Hall–Kier alpha value is -1.67. The van der Waals surface area contributed by atoms with Crippen molar-refractivity contribution in [2.24, 2.45) is 0 Å². The number of hydrogen-bond acceptors (Lipinski definition) is 2. The third-order valence-electron chi connectivity index (χ3n) is 3.53. The van der Waals surface area contributed by atoms with Crippen LogP contribution < -0.4 is 5.32 Å². The molecule has 2 heteroatoms. The van der Waals surface area contributed by atoms with Crippen LogP contribution in [0, 0.1) is 6.92 Å². The van der Waals surface area contributed by atoms with E-state index in [2.05, 4.69) is 54.5 Å². The first kappa shape index (κ1) is 14.7. The van der Waals surface area contributed by atoms with E-state index in [0.29, 0.717) is 6.04 Å². The van der Waals surface area contributed by atoms with Crippen LogP contribution in [0.1, 0.15) is 42.5 Å². The van der Waals surface area contributed by atoms with Crippen LogP contribution in [0.5, 0.6) is 0 Å². The van der Waals surface area contributed by atoms with Gasteiger partial charge >= 0.3 is 0 Å². The Morgan fingerprint density at radius 1 is 1.20 bits per heavy atom. The van der Waals surface area contributed by atoms with E-state index in [4.69, 9.17) is 0 Å². The fourth-order valence-electron chi connectivity index (χ4n) is 2.45. The molecule has 0 radical (unpaired) electrons. The molecule has 106 valence electrons. The van der Waals surface area contributed by atoms with Gasteiger partial charge in [0, 0.05) is 18.4 Å². The average Bonchev–Trinajstić information content (AvgIpc) is 2.48. The predicted molar refractivity (Wildman–Crippen MR) is 84.8 cm³/mol. The molecule has 0 saturated carbocycles. The third-order valence-corrected chi connectivity index (χ3v) is 3.53. The van der Waals surface area contributed by atoms with Gasteiger partial charge in [-0.15, -0.1) is 0 Å². The number of rotatable bonds is 7. The zero-order valence-corrected chi connectivity index (χ0v) is 12.5. The fraction of sp³-hybridized carbons (Fsp3) is 0.389. The molecule has 0 aliphatic rings. The molecule has 1 atom stereocenters. The lowest BCUT2D eigenvalue weighted by molar-refractivity contribution is 0.499. The standard InChI is InChI=1S/C18H24N2/c1-3-11-20-18(17-8-4-6-15(2)13-17)10-9-16-7-5-12-19-14-16/h4-8,12-14,18,20H,3,9-11H2,1-2H3. The lowest BCUT2D eigenvalue weighted by Crippen LogP contribution is -2.22. The Morgan fingerprint density at radius 3 is 2.80 bits per heavy atom. The smallest absolute Gasteiger partial charge is 0.0323 e. The van der Waals surface area contributed by atoms with Crippen LogP contribution in [0.2, 0.25) is 0 Å². The summed E-state index contributed by atoms with van der Waals surface area (Å²) in [6.45, 7) is 5.43. The highest BCUT2D eigenvalue weighted by Crippen LogP contribution is 2.20. The fourth-order valence-corrected chi connectivity index (χ4v) is 2.45. The van der Waals surface area contributed by atoms with Crippen molar-refractivity contribution in [3.05, 3.63) is 65.5 Å². The monoisotopic (exact) mass is 268 g/mol. The number of aromatic nitrogens is 1. The lowest BCUT2D eigenvalue weighted by atomic mass is 9.98. The van der Waals surface area contributed by atoms with Gasteiger partial charge in [0.2, 0.25) is 0 Å². The molecule has 20 heavy (non-hydrogen) atoms. The first-order chi connectivity index (χ1) is 9.79. The minimum Gasteiger partial charge on any atom is -0.310 e. The van der Waals surface area contributed by atoms with E-state index in [1.165, 1.54) is 16.7 Å². The Bertz CT molecular complexity index is 508. The van der Waals surface area contributed by atoms with Gasteiger partial charge in [0.05, 0.1) is 0 Å². The highest BCUT2D eigenvalue weighted by Gasteiger charge is 2.10. The molecule has 1 aromatic heterocycles. The van der Waals surface area contributed by atoms with Crippen LogP contribution in [-0.4, -0.2) is 11.5 Å². The first-order valence-electron chi connectivity index (χ1n) is 7.48. The Labute approximate surface area is 122 Å². The van der Waals surface area contributed by atoms with Crippen molar-refractivity contribution in [2.45, 2.75) is 39.2 Å². The van der Waals surface area contributed by atoms with Gasteiger partial charge in [0.25, 0.3) is 0 Å². The SMILES string of the molecule is CCCNC(CCc1cccnc1)c1cccc(C)c1. The van der Waals surface area contributed by atoms with Crippen LogP contribution in [0.4, 0.5) is 0 Å². The summed E-state index contributed by atoms with van der Waals surface area (Å²) < 4.78 is 0. The number of benzene rings is 1. The molecule has 0 saturated heterocycles. The number of hydrogen-bond donors (Lipinski definition) is 1. The van der Waals surface area contributed by atoms with Crippen molar-refractivity contribution in [2.75, 3.05) is 6.54 Å². The Balaban J connectivity index is 2.03. The van der Waals surface area contributed by atoms with E-state index in [-0.39, 0.29) is 0 Å². The summed E-state index contributed by atoms with van der Waals surface area (Å²) in [7, 11) is 0. The van der Waals surface area contributed by atoms with Crippen molar-refractivity contribution < 1.29 is 0 Å². The van der Waals surface area contributed by atoms with E-state index in [1.54, 1.807) is 0 Å². The normalized spacial score (nSPS) is 12.3. The molecule has 0 aliphatic carbocycles. The molecule has 0 spiro atoms. The molecule has 1 unspecified atom stereocenters. The van der Waals surface area contributed by atoms with Crippen molar-refractivity contribution in [3.63, 3.8) is 0 Å². The largest absolute Gasteiger partial charge is 0.310 e. The summed E-state index contributed by atoms with van der Waals surface area (Å²) in [6, 6.07) is 13.4. The molecule has 2 nitrogen and oxygen atoms in total. The molecule has 2 aromatic rings. The first-order valence-corrected chi connectivity index (χ1v) is 7.48. The summed E-state index contributed by atoms with van der Waals surface area (Å²) in [6.07, 6.45) is 7.12. The summed E-state index contributed by atoms with van der Waals surface area (Å²) in [4.78, 5) is 4.19.